The van der Waals surface area contributed by atoms with Crippen LogP contribution in [0.2, 0.25) is 0 Å². The van der Waals surface area contributed by atoms with E-state index in [0.29, 0.717) is 23.5 Å². The van der Waals surface area contributed by atoms with Crippen molar-refractivity contribution in [2.45, 2.75) is 13.8 Å². The fraction of sp³-hybridized carbons (Fsp3) is 0.278. The van der Waals surface area contributed by atoms with Crippen LogP contribution in [0.4, 0.5) is 17.1 Å². The van der Waals surface area contributed by atoms with Gasteiger partial charge in [-0.2, -0.15) is 0 Å². The second-order valence-corrected chi connectivity index (χ2v) is 5.52. The van der Waals surface area contributed by atoms with Crippen molar-refractivity contribution in [1.82, 2.24) is 0 Å². The van der Waals surface area contributed by atoms with E-state index in [-0.39, 0.29) is 18.1 Å². The second kappa shape index (κ2) is 8.14. The van der Waals surface area contributed by atoms with Gasteiger partial charge in [-0.3, -0.25) is 14.9 Å². The lowest BCUT2D eigenvalue weighted by Crippen LogP contribution is -2.33. The number of ether oxygens (including phenoxy) is 1. The van der Waals surface area contributed by atoms with Crippen LogP contribution in [-0.4, -0.2) is 31.0 Å². The molecule has 2 aromatic carbocycles. The fourth-order valence-electron chi connectivity index (χ4n) is 2.50. The third kappa shape index (κ3) is 4.69. The van der Waals surface area contributed by atoms with Crippen LogP contribution in [0.5, 0.6) is 5.75 Å². The number of hydrogen-bond donors (Lipinski definition) is 1. The first-order chi connectivity index (χ1) is 11.9. The number of rotatable bonds is 7. The zero-order valence-corrected chi connectivity index (χ0v) is 14.5. The summed E-state index contributed by atoms with van der Waals surface area (Å²) in [5.74, 6) is 0.488. The van der Waals surface area contributed by atoms with Crippen molar-refractivity contribution in [3.63, 3.8) is 0 Å². The minimum atomic E-state index is -0.412. The lowest BCUT2D eigenvalue weighted by atomic mass is 10.1. The largest absolute Gasteiger partial charge is 0.497 e. The third-order valence-corrected chi connectivity index (χ3v) is 3.81. The van der Waals surface area contributed by atoms with Crippen LogP contribution >= 0.6 is 0 Å². The molecule has 0 bridgehead atoms. The molecular formula is C18H21N3O4. The van der Waals surface area contributed by atoms with Crippen molar-refractivity contribution in [2.75, 3.05) is 30.4 Å². The van der Waals surface area contributed by atoms with E-state index in [0.717, 1.165) is 5.69 Å². The van der Waals surface area contributed by atoms with Crippen LogP contribution in [0.15, 0.2) is 42.5 Å². The number of nitro benzene ring substituents is 1. The summed E-state index contributed by atoms with van der Waals surface area (Å²) in [5.41, 5.74) is 2.06. The lowest BCUT2D eigenvalue weighted by Gasteiger charge is -2.23. The van der Waals surface area contributed by atoms with Gasteiger partial charge in [-0.15, -0.1) is 0 Å². The fourth-order valence-corrected chi connectivity index (χ4v) is 2.50. The number of carbonyl (C=O) groups is 1. The number of nitrogens with one attached hydrogen (secondary N) is 1. The molecule has 0 aliphatic rings. The van der Waals surface area contributed by atoms with Crippen LogP contribution in [0, 0.1) is 17.0 Å². The first kappa shape index (κ1) is 18.3. The molecule has 0 saturated heterocycles. The molecule has 7 nitrogen and oxygen atoms in total. The summed E-state index contributed by atoms with van der Waals surface area (Å²) in [6.45, 7) is 4.36. The van der Waals surface area contributed by atoms with Crippen molar-refractivity contribution in [3.8, 4) is 5.75 Å². The van der Waals surface area contributed by atoms with Gasteiger partial charge in [-0.1, -0.05) is 6.07 Å². The van der Waals surface area contributed by atoms with Gasteiger partial charge in [0.25, 0.3) is 5.69 Å². The van der Waals surface area contributed by atoms with E-state index in [2.05, 4.69) is 5.32 Å². The zero-order valence-electron chi connectivity index (χ0n) is 14.5. The number of methoxy groups -OCH3 is 1. The van der Waals surface area contributed by atoms with E-state index >= 15 is 0 Å². The summed E-state index contributed by atoms with van der Waals surface area (Å²) in [4.78, 5) is 24.7. The van der Waals surface area contributed by atoms with E-state index < -0.39 is 4.92 Å². The van der Waals surface area contributed by atoms with Gasteiger partial charge in [-0.05, 0) is 38.1 Å². The standard InChI is InChI=1S/C18H21N3O4/c1-4-20(15-8-9-17(21(23)24)13(2)10-15)12-18(22)19-14-6-5-7-16(11-14)25-3/h5-11H,4,12H2,1-3H3,(H,19,22). The van der Waals surface area contributed by atoms with Gasteiger partial charge in [0.2, 0.25) is 5.91 Å². The van der Waals surface area contributed by atoms with Gasteiger partial charge in [0, 0.05) is 35.6 Å². The molecule has 2 aromatic rings. The van der Waals surface area contributed by atoms with Gasteiger partial charge < -0.3 is 15.0 Å². The summed E-state index contributed by atoms with van der Waals surface area (Å²) in [5, 5.41) is 13.7. The molecule has 0 aliphatic carbocycles. The number of likely N-dealkylation sites (N-methyl/N-ethyl adjacent to an activating group) is 1. The molecule has 7 heteroatoms. The average Bonchev–Trinajstić information content (AvgIpc) is 2.59. The number of benzene rings is 2. The van der Waals surface area contributed by atoms with Gasteiger partial charge in [-0.25, -0.2) is 0 Å². The van der Waals surface area contributed by atoms with Crippen LogP contribution in [0.1, 0.15) is 12.5 Å². The smallest absolute Gasteiger partial charge is 0.272 e. The van der Waals surface area contributed by atoms with E-state index in [4.69, 9.17) is 4.74 Å². The Bertz CT molecular complexity index is 777. The second-order valence-electron chi connectivity index (χ2n) is 5.52. The van der Waals surface area contributed by atoms with E-state index in [1.807, 2.05) is 11.8 Å². The topological polar surface area (TPSA) is 84.7 Å². The van der Waals surface area contributed by atoms with Crippen LogP contribution in [0.25, 0.3) is 0 Å². The van der Waals surface area contributed by atoms with E-state index in [1.54, 1.807) is 50.4 Å². The number of amides is 1. The molecule has 2 rings (SSSR count). The molecule has 0 aromatic heterocycles. The van der Waals surface area contributed by atoms with Gasteiger partial charge in [0.1, 0.15) is 5.75 Å². The molecule has 1 amide bonds. The maximum absolute atomic E-state index is 12.3. The Hall–Kier alpha value is -3.09. The summed E-state index contributed by atoms with van der Waals surface area (Å²) in [6, 6.07) is 12.0. The first-order valence-electron chi connectivity index (χ1n) is 7.88. The van der Waals surface area contributed by atoms with Crippen LogP contribution in [-0.2, 0) is 4.79 Å². The van der Waals surface area contributed by atoms with Crippen LogP contribution in [0.3, 0.4) is 0 Å². The molecule has 0 aliphatic heterocycles. The highest BCUT2D eigenvalue weighted by molar-refractivity contribution is 5.94. The van der Waals surface area contributed by atoms with Crippen molar-refractivity contribution in [2.24, 2.45) is 0 Å². The predicted octanol–water partition coefficient (Wildman–Crippen LogP) is 3.38. The van der Waals surface area contributed by atoms with E-state index in [1.165, 1.54) is 6.07 Å². The maximum Gasteiger partial charge on any atom is 0.272 e. The first-order valence-corrected chi connectivity index (χ1v) is 7.88. The quantitative estimate of drug-likeness (QED) is 0.615. The van der Waals surface area contributed by atoms with Gasteiger partial charge in [0.15, 0.2) is 0 Å². The van der Waals surface area contributed by atoms with Crippen LogP contribution < -0.4 is 15.0 Å². The normalized spacial score (nSPS) is 10.2. The van der Waals surface area contributed by atoms with Crippen molar-refractivity contribution in [3.05, 3.63) is 58.1 Å². The van der Waals surface area contributed by atoms with Crippen molar-refractivity contribution >= 4 is 23.0 Å². The molecule has 0 spiro atoms. The third-order valence-electron chi connectivity index (χ3n) is 3.81. The monoisotopic (exact) mass is 343 g/mol. The number of carbonyl (C=O) groups excluding carboxylic acids is 1. The summed E-state index contributed by atoms with van der Waals surface area (Å²) < 4.78 is 5.13. The number of anilines is 2. The number of hydrogen-bond acceptors (Lipinski definition) is 5. The molecule has 1 N–H and O–H groups in total. The molecule has 0 atom stereocenters. The highest BCUT2D eigenvalue weighted by Gasteiger charge is 2.15. The summed E-state index contributed by atoms with van der Waals surface area (Å²) >= 11 is 0. The molecule has 25 heavy (non-hydrogen) atoms. The Morgan fingerprint density at radius 2 is 2.04 bits per heavy atom. The Morgan fingerprint density at radius 1 is 1.28 bits per heavy atom. The Kier molecular flexibility index (Phi) is 5.94. The Morgan fingerprint density at radius 3 is 2.64 bits per heavy atom. The number of aryl methyl sites for hydroxylation is 1. The SMILES string of the molecule is CCN(CC(=O)Nc1cccc(OC)c1)c1ccc([N+](=O)[O-])c(C)c1. The number of nitrogens with zero attached hydrogens (tertiary/aromatic N) is 2. The summed E-state index contributed by atoms with van der Waals surface area (Å²) in [6.07, 6.45) is 0. The molecular weight excluding hydrogens is 322 g/mol. The Balaban J connectivity index is 2.09. The van der Waals surface area contributed by atoms with Gasteiger partial charge >= 0.3 is 0 Å². The average molecular weight is 343 g/mol. The molecule has 132 valence electrons. The molecule has 0 unspecified atom stereocenters. The number of nitro groups is 1. The Labute approximate surface area is 146 Å². The highest BCUT2D eigenvalue weighted by atomic mass is 16.6. The molecule has 0 saturated carbocycles. The van der Waals surface area contributed by atoms with Crippen molar-refractivity contribution < 1.29 is 14.5 Å². The zero-order chi connectivity index (χ0) is 18.4. The minimum Gasteiger partial charge on any atom is -0.497 e. The molecule has 0 radical (unpaired) electrons. The van der Waals surface area contributed by atoms with Gasteiger partial charge in [0.05, 0.1) is 18.6 Å². The van der Waals surface area contributed by atoms with E-state index in [9.17, 15) is 14.9 Å². The minimum absolute atomic E-state index is 0.0700. The highest BCUT2D eigenvalue weighted by Crippen LogP contribution is 2.24. The summed E-state index contributed by atoms with van der Waals surface area (Å²) in [7, 11) is 1.57. The molecule has 0 heterocycles. The maximum atomic E-state index is 12.3. The van der Waals surface area contributed by atoms with Crippen molar-refractivity contribution in [1.29, 1.82) is 0 Å². The lowest BCUT2D eigenvalue weighted by molar-refractivity contribution is -0.385. The molecule has 0 fully saturated rings. The predicted molar refractivity (Wildman–Crippen MR) is 97.3 cm³/mol.